The van der Waals surface area contributed by atoms with Gasteiger partial charge in [0.1, 0.15) is 0 Å². The van der Waals surface area contributed by atoms with Gasteiger partial charge in [-0.25, -0.2) is 0 Å². The number of tetrazole rings is 1. The number of hydrogen-bond donors (Lipinski definition) is 0. The number of rotatable bonds is 6. The fourth-order valence-electron chi connectivity index (χ4n) is 2.27. The molecule has 0 atom stereocenters. The highest BCUT2D eigenvalue weighted by Gasteiger charge is 2.13. The van der Waals surface area contributed by atoms with Gasteiger partial charge >= 0.3 is 0 Å². The highest BCUT2D eigenvalue weighted by Crippen LogP contribution is 2.20. The van der Waals surface area contributed by atoms with Crippen molar-refractivity contribution in [3.8, 4) is 5.69 Å². The van der Waals surface area contributed by atoms with E-state index in [0.29, 0.717) is 22.4 Å². The number of para-hydroxylation sites is 1. The van der Waals surface area contributed by atoms with Crippen LogP contribution in [0.2, 0.25) is 0 Å². The Balaban J connectivity index is 1.68. The summed E-state index contributed by atoms with van der Waals surface area (Å²) in [6.45, 7) is 4.27. The third-order valence-corrected chi connectivity index (χ3v) is 4.59. The second-order valence-electron chi connectivity index (χ2n) is 5.70. The Labute approximate surface area is 145 Å². The topological polar surface area (TPSA) is 60.7 Å². The van der Waals surface area contributed by atoms with Crippen LogP contribution in [-0.4, -0.2) is 31.7 Å². The Bertz CT molecular complexity index is 813. The number of nitrogens with zero attached hydrogens (tertiary/aromatic N) is 4. The lowest BCUT2D eigenvalue weighted by Gasteiger charge is -2.06. The molecule has 0 spiro atoms. The minimum atomic E-state index is 0.0675. The third kappa shape index (κ3) is 3.71. The lowest BCUT2D eigenvalue weighted by Crippen LogP contribution is -2.05. The molecule has 0 amide bonds. The molecule has 122 valence electrons. The molecular formula is C18H18N4OS. The molecule has 1 heterocycles. The van der Waals surface area contributed by atoms with E-state index in [1.807, 2.05) is 54.6 Å². The van der Waals surface area contributed by atoms with Gasteiger partial charge in [0.2, 0.25) is 5.16 Å². The first-order valence-corrected chi connectivity index (χ1v) is 8.73. The maximum atomic E-state index is 12.4. The lowest BCUT2D eigenvalue weighted by atomic mass is 10.0. The number of aromatic nitrogens is 4. The minimum Gasteiger partial charge on any atom is -0.293 e. The summed E-state index contributed by atoms with van der Waals surface area (Å²) < 4.78 is 1.64. The average Bonchev–Trinajstić information content (AvgIpc) is 3.09. The van der Waals surface area contributed by atoms with Gasteiger partial charge in [0.15, 0.2) is 5.78 Å². The summed E-state index contributed by atoms with van der Waals surface area (Å²) in [7, 11) is 0. The van der Waals surface area contributed by atoms with Crippen LogP contribution in [0, 0.1) is 0 Å². The van der Waals surface area contributed by atoms with Crippen LogP contribution in [0.4, 0.5) is 0 Å². The molecule has 3 rings (SSSR count). The quantitative estimate of drug-likeness (QED) is 0.506. The van der Waals surface area contributed by atoms with Crippen molar-refractivity contribution in [2.75, 3.05) is 5.75 Å². The molecule has 6 heteroatoms. The van der Waals surface area contributed by atoms with Crippen LogP contribution < -0.4 is 0 Å². The molecule has 0 aliphatic carbocycles. The van der Waals surface area contributed by atoms with E-state index in [4.69, 9.17) is 0 Å². The van der Waals surface area contributed by atoms with Crippen molar-refractivity contribution in [3.63, 3.8) is 0 Å². The maximum absolute atomic E-state index is 12.4. The van der Waals surface area contributed by atoms with Crippen molar-refractivity contribution in [3.05, 3.63) is 65.7 Å². The Kier molecular flexibility index (Phi) is 5.05. The molecule has 0 aliphatic rings. The number of thioether (sulfide) groups is 1. The van der Waals surface area contributed by atoms with Gasteiger partial charge in [0, 0.05) is 5.56 Å². The van der Waals surface area contributed by atoms with Crippen molar-refractivity contribution in [2.24, 2.45) is 0 Å². The number of Topliss-reactive ketones (excluding diaryl/α,β-unsaturated/α-hetero) is 1. The SMILES string of the molecule is CC(C)c1ccc(C(=O)CSc2nnnn2-c2ccccc2)cc1. The molecule has 0 saturated heterocycles. The number of hydrogen-bond acceptors (Lipinski definition) is 5. The van der Waals surface area contributed by atoms with Crippen molar-refractivity contribution in [1.82, 2.24) is 20.2 Å². The fraction of sp³-hybridized carbons (Fsp3) is 0.222. The Morgan fingerprint density at radius 3 is 2.46 bits per heavy atom. The molecule has 0 N–H and O–H groups in total. The predicted molar refractivity (Wildman–Crippen MR) is 94.7 cm³/mol. The van der Waals surface area contributed by atoms with E-state index in [-0.39, 0.29) is 5.78 Å². The van der Waals surface area contributed by atoms with E-state index in [0.717, 1.165) is 5.69 Å². The molecule has 3 aromatic rings. The normalized spacial score (nSPS) is 11.0. The number of ketones is 1. The van der Waals surface area contributed by atoms with Gasteiger partial charge in [-0.15, -0.1) is 5.10 Å². The summed E-state index contributed by atoms with van der Waals surface area (Å²) in [5, 5.41) is 12.3. The van der Waals surface area contributed by atoms with Crippen molar-refractivity contribution in [2.45, 2.75) is 24.9 Å². The summed E-state index contributed by atoms with van der Waals surface area (Å²) in [4.78, 5) is 12.4. The standard InChI is InChI=1S/C18H18N4OS/c1-13(2)14-8-10-15(11-9-14)17(23)12-24-18-19-20-21-22(18)16-6-4-3-5-7-16/h3-11,13H,12H2,1-2H3. The lowest BCUT2D eigenvalue weighted by molar-refractivity contribution is 0.102. The van der Waals surface area contributed by atoms with E-state index in [9.17, 15) is 4.79 Å². The van der Waals surface area contributed by atoms with Gasteiger partial charge in [-0.05, 0) is 34.0 Å². The van der Waals surface area contributed by atoms with Gasteiger partial charge in [-0.1, -0.05) is 68.1 Å². The molecule has 0 unspecified atom stereocenters. The van der Waals surface area contributed by atoms with Crippen LogP contribution in [0.15, 0.2) is 59.8 Å². The van der Waals surface area contributed by atoms with E-state index in [2.05, 4.69) is 29.4 Å². The van der Waals surface area contributed by atoms with Gasteiger partial charge in [-0.3, -0.25) is 4.79 Å². The number of carbonyl (C=O) groups excluding carboxylic acids is 1. The van der Waals surface area contributed by atoms with E-state index in [1.165, 1.54) is 17.3 Å². The summed E-state index contributed by atoms with van der Waals surface area (Å²) in [5.41, 5.74) is 2.82. The molecule has 24 heavy (non-hydrogen) atoms. The molecular weight excluding hydrogens is 320 g/mol. The first-order chi connectivity index (χ1) is 11.6. The van der Waals surface area contributed by atoms with Crippen LogP contribution in [0.1, 0.15) is 35.7 Å². The molecule has 2 aromatic carbocycles. The van der Waals surface area contributed by atoms with Crippen LogP contribution in [0.3, 0.4) is 0 Å². The largest absolute Gasteiger partial charge is 0.293 e. The molecule has 0 saturated carbocycles. The fourth-order valence-corrected chi connectivity index (χ4v) is 3.05. The monoisotopic (exact) mass is 338 g/mol. The second-order valence-corrected chi connectivity index (χ2v) is 6.64. The zero-order chi connectivity index (χ0) is 16.9. The first kappa shape index (κ1) is 16.4. The number of carbonyl (C=O) groups is 1. The van der Waals surface area contributed by atoms with Crippen LogP contribution in [0.25, 0.3) is 5.69 Å². The van der Waals surface area contributed by atoms with Gasteiger partial charge in [0.25, 0.3) is 0 Å². The van der Waals surface area contributed by atoms with Crippen molar-refractivity contribution < 1.29 is 4.79 Å². The number of benzene rings is 2. The van der Waals surface area contributed by atoms with E-state index in [1.54, 1.807) is 4.68 Å². The van der Waals surface area contributed by atoms with Crippen LogP contribution in [-0.2, 0) is 0 Å². The molecule has 0 fully saturated rings. The van der Waals surface area contributed by atoms with E-state index < -0.39 is 0 Å². The zero-order valence-electron chi connectivity index (χ0n) is 13.6. The molecule has 0 aliphatic heterocycles. The van der Waals surface area contributed by atoms with Gasteiger partial charge < -0.3 is 0 Å². The average molecular weight is 338 g/mol. The van der Waals surface area contributed by atoms with Crippen molar-refractivity contribution >= 4 is 17.5 Å². The Hall–Kier alpha value is -2.47. The van der Waals surface area contributed by atoms with Crippen LogP contribution >= 0.6 is 11.8 Å². The zero-order valence-corrected chi connectivity index (χ0v) is 14.4. The molecule has 5 nitrogen and oxygen atoms in total. The smallest absolute Gasteiger partial charge is 0.214 e. The summed E-state index contributed by atoms with van der Waals surface area (Å²) in [5.74, 6) is 0.825. The van der Waals surface area contributed by atoms with Gasteiger partial charge in [-0.2, -0.15) is 4.68 Å². The van der Waals surface area contributed by atoms with Gasteiger partial charge in [0.05, 0.1) is 11.4 Å². The van der Waals surface area contributed by atoms with Crippen LogP contribution in [0.5, 0.6) is 0 Å². The minimum absolute atomic E-state index is 0.0675. The summed E-state index contributed by atoms with van der Waals surface area (Å²) >= 11 is 1.34. The maximum Gasteiger partial charge on any atom is 0.214 e. The Morgan fingerprint density at radius 2 is 1.79 bits per heavy atom. The summed E-state index contributed by atoms with van der Waals surface area (Å²) in [6, 6.07) is 17.4. The van der Waals surface area contributed by atoms with E-state index >= 15 is 0 Å². The Morgan fingerprint density at radius 1 is 1.08 bits per heavy atom. The van der Waals surface area contributed by atoms with Crippen molar-refractivity contribution in [1.29, 1.82) is 0 Å². The highest BCUT2D eigenvalue weighted by molar-refractivity contribution is 7.99. The first-order valence-electron chi connectivity index (χ1n) is 7.75. The molecule has 0 bridgehead atoms. The highest BCUT2D eigenvalue weighted by atomic mass is 32.2. The molecule has 1 aromatic heterocycles. The predicted octanol–water partition coefficient (Wildman–Crippen LogP) is 3.76. The molecule has 0 radical (unpaired) electrons. The third-order valence-electron chi connectivity index (χ3n) is 3.67. The summed E-state index contributed by atoms with van der Waals surface area (Å²) in [6.07, 6.45) is 0. The second kappa shape index (κ2) is 7.40.